The summed E-state index contributed by atoms with van der Waals surface area (Å²) >= 11 is 0. The summed E-state index contributed by atoms with van der Waals surface area (Å²) in [5.74, 6) is 1.57. The Labute approximate surface area is 128 Å². The van der Waals surface area contributed by atoms with Crippen LogP contribution in [0.5, 0.6) is 0 Å². The highest BCUT2D eigenvalue weighted by Gasteiger charge is 2.54. The van der Waals surface area contributed by atoms with Crippen LogP contribution in [0, 0.1) is 23.0 Å². The van der Waals surface area contributed by atoms with Gasteiger partial charge in [-0.3, -0.25) is 10.1 Å². The number of aryl methyl sites for hydroxylation is 3. The van der Waals surface area contributed by atoms with Crippen molar-refractivity contribution >= 4 is 11.5 Å². The SMILES string of the molecule is Cc1nn(C)c(NC2C3CCc4ccccc4C32)c1[N+](=O)[O-]. The van der Waals surface area contributed by atoms with Gasteiger partial charge in [-0.2, -0.15) is 5.10 Å². The molecular weight excluding hydrogens is 280 g/mol. The fraction of sp³-hybridized carbons (Fsp3) is 0.438. The number of hydrogen-bond acceptors (Lipinski definition) is 4. The fourth-order valence-corrected chi connectivity index (χ4v) is 3.95. The lowest BCUT2D eigenvalue weighted by molar-refractivity contribution is -0.384. The minimum atomic E-state index is -0.343. The van der Waals surface area contributed by atoms with E-state index in [0.717, 1.165) is 12.8 Å². The molecule has 0 amide bonds. The molecule has 2 aliphatic carbocycles. The van der Waals surface area contributed by atoms with Crippen molar-refractivity contribution in [3.63, 3.8) is 0 Å². The van der Waals surface area contributed by atoms with Gasteiger partial charge in [-0.15, -0.1) is 0 Å². The van der Waals surface area contributed by atoms with E-state index in [0.29, 0.717) is 23.3 Å². The standard InChI is InChI=1S/C16H18N4O2/c1-9-15(20(21)22)16(19(2)18-9)17-14-12-8-7-10-5-3-4-6-11(10)13(12)14/h3-6,12-14,17H,7-8H2,1-2H3. The van der Waals surface area contributed by atoms with Crippen molar-refractivity contribution in [3.05, 3.63) is 51.2 Å². The topological polar surface area (TPSA) is 73.0 Å². The fourth-order valence-electron chi connectivity index (χ4n) is 3.95. The maximum absolute atomic E-state index is 11.3. The molecule has 0 spiro atoms. The van der Waals surface area contributed by atoms with E-state index in [-0.39, 0.29) is 16.7 Å². The number of fused-ring (bicyclic) bond motifs is 3. The van der Waals surface area contributed by atoms with Crippen LogP contribution in [0.4, 0.5) is 11.5 Å². The Morgan fingerprint density at radius 1 is 1.41 bits per heavy atom. The lowest BCUT2D eigenvalue weighted by Crippen LogP contribution is -2.11. The van der Waals surface area contributed by atoms with Crippen LogP contribution < -0.4 is 5.32 Å². The molecule has 0 bridgehead atoms. The Bertz CT molecular complexity index is 768. The summed E-state index contributed by atoms with van der Waals surface area (Å²) in [5, 5.41) is 18.9. The molecule has 1 aromatic carbocycles. The molecule has 2 aromatic rings. The van der Waals surface area contributed by atoms with E-state index in [1.165, 1.54) is 11.1 Å². The molecule has 0 aliphatic heterocycles. The van der Waals surface area contributed by atoms with Gasteiger partial charge < -0.3 is 5.32 Å². The lowest BCUT2D eigenvalue weighted by Gasteiger charge is -2.13. The molecule has 1 heterocycles. The smallest absolute Gasteiger partial charge is 0.333 e. The van der Waals surface area contributed by atoms with Gasteiger partial charge in [-0.05, 0) is 36.8 Å². The van der Waals surface area contributed by atoms with Crippen LogP contribution in [0.15, 0.2) is 24.3 Å². The first kappa shape index (κ1) is 13.3. The zero-order valence-corrected chi connectivity index (χ0v) is 12.6. The molecular formula is C16H18N4O2. The number of aromatic nitrogens is 2. The Hall–Kier alpha value is -2.37. The minimum Gasteiger partial charge on any atom is -0.361 e. The van der Waals surface area contributed by atoms with Crippen molar-refractivity contribution in [1.82, 2.24) is 9.78 Å². The van der Waals surface area contributed by atoms with Gasteiger partial charge in [-0.1, -0.05) is 24.3 Å². The first-order valence-electron chi connectivity index (χ1n) is 7.60. The largest absolute Gasteiger partial charge is 0.361 e. The normalized spacial score (nSPS) is 25.3. The molecule has 4 rings (SSSR count). The number of nitrogens with zero attached hydrogens (tertiary/aromatic N) is 3. The minimum absolute atomic E-state index is 0.0967. The van der Waals surface area contributed by atoms with E-state index in [1.54, 1.807) is 18.7 Å². The third-order valence-corrected chi connectivity index (χ3v) is 5.01. The Balaban J connectivity index is 1.64. The molecule has 6 heteroatoms. The second-order valence-corrected chi connectivity index (χ2v) is 6.26. The molecule has 3 atom stereocenters. The number of hydrogen-bond donors (Lipinski definition) is 1. The van der Waals surface area contributed by atoms with Crippen molar-refractivity contribution in [2.45, 2.75) is 31.7 Å². The summed E-state index contributed by atoms with van der Waals surface area (Å²) < 4.78 is 1.59. The molecule has 114 valence electrons. The zero-order chi connectivity index (χ0) is 15.4. The summed E-state index contributed by atoms with van der Waals surface area (Å²) in [7, 11) is 1.75. The molecule has 6 nitrogen and oxygen atoms in total. The molecule has 0 saturated heterocycles. The quantitative estimate of drug-likeness (QED) is 0.698. The summed E-state index contributed by atoms with van der Waals surface area (Å²) in [4.78, 5) is 10.9. The lowest BCUT2D eigenvalue weighted by atomic mass is 9.92. The van der Waals surface area contributed by atoms with Crippen LogP contribution in [-0.4, -0.2) is 20.7 Å². The number of benzene rings is 1. The Morgan fingerprint density at radius 3 is 2.95 bits per heavy atom. The van der Waals surface area contributed by atoms with Gasteiger partial charge in [0, 0.05) is 19.0 Å². The third-order valence-electron chi connectivity index (χ3n) is 5.01. The van der Waals surface area contributed by atoms with E-state index < -0.39 is 0 Å². The van der Waals surface area contributed by atoms with Gasteiger partial charge in [0.1, 0.15) is 5.69 Å². The van der Waals surface area contributed by atoms with Crippen molar-refractivity contribution < 1.29 is 4.92 Å². The molecule has 2 aliphatic rings. The van der Waals surface area contributed by atoms with E-state index in [4.69, 9.17) is 0 Å². The highest BCUT2D eigenvalue weighted by molar-refractivity contribution is 5.62. The summed E-state index contributed by atoms with van der Waals surface area (Å²) in [6.45, 7) is 1.68. The van der Waals surface area contributed by atoms with Crippen molar-refractivity contribution in [2.24, 2.45) is 13.0 Å². The monoisotopic (exact) mass is 298 g/mol. The molecule has 1 fully saturated rings. The van der Waals surface area contributed by atoms with Crippen LogP contribution >= 0.6 is 0 Å². The van der Waals surface area contributed by atoms with E-state index in [9.17, 15) is 10.1 Å². The van der Waals surface area contributed by atoms with Gasteiger partial charge in [0.05, 0.1) is 4.92 Å². The molecule has 0 radical (unpaired) electrons. The van der Waals surface area contributed by atoms with E-state index >= 15 is 0 Å². The summed E-state index contributed by atoms with van der Waals surface area (Å²) in [6, 6.07) is 8.82. The van der Waals surface area contributed by atoms with Gasteiger partial charge in [0.2, 0.25) is 5.82 Å². The molecule has 22 heavy (non-hydrogen) atoms. The number of nitro groups is 1. The average molecular weight is 298 g/mol. The first-order valence-corrected chi connectivity index (χ1v) is 7.60. The van der Waals surface area contributed by atoms with E-state index in [1.807, 2.05) is 0 Å². The maximum atomic E-state index is 11.3. The van der Waals surface area contributed by atoms with Crippen molar-refractivity contribution in [2.75, 3.05) is 5.32 Å². The van der Waals surface area contributed by atoms with Gasteiger partial charge in [-0.25, -0.2) is 4.68 Å². The highest BCUT2D eigenvalue weighted by atomic mass is 16.6. The van der Waals surface area contributed by atoms with Gasteiger partial charge in [0.25, 0.3) is 0 Å². The first-order chi connectivity index (χ1) is 10.6. The van der Waals surface area contributed by atoms with Crippen LogP contribution in [0.2, 0.25) is 0 Å². The molecule has 1 N–H and O–H groups in total. The number of nitrogens with one attached hydrogen (secondary N) is 1. The molecule has 1 saturated carbocycles. The second-order valence-electron chi connectivity index (χ2n) is 6.26. The third kappa shape index (κ3) is 1.83. The van der Waals surface area contributed by atoms with Crippen molar-refractivity contribution in [3.8, 4) is 0 Å². The number of anilines is 1. The predicted octanol–water partition coefficient (Wildman–Crippen LogP) is 2.78. The van der Waals surface area contributed by atoms with Gasteiger partial charge in [0.15, 0.2) is 0 Å². The van der Waals surface area contributed by atoms with Crippen LogP contribution in [0.25, 0.3) is 0 Å². The highest BCUT2D eigenvalue weighted by Crippen LogP contribution is 2.56. The zero-order valence-electron chi connectivity index (χ0n) is 12.6. The van der Waals surface area contributed by atoms with Crippen LogP contribution in [0.1, 0.15) is 29.2 Å². The van der Waals surface area contributed by atoms with E-state index in [2.05, 4.69) is 34.7 Å². The molecule has 3 unspecified atom stereocenters. The molecule has 1 aromatic heterocycles. The predicted molar refractivity (Wildman–Crippen MR) is 83.0 cm³/mol. The maximum Gasteiger partial charge on any atom is 0.333 e. The van der Waals surface area contributed by atoms with Crippen LogP contribution in [-0.2, 0) is 13.5 Å². The second kappa shape index (κ2) is 4.56. The summed E-state index contributed by atoms with van der Waals surface area (Å²) in [5.41, 5.74) is 3.37. The summed E-state index contributed by atoms with van der Waals surface area (Å²) in [6.07, 6.45) is 2.24. The average Bonchev–Trinajstić information content (AvgIpc) is 3.11. The van der Waals surface area contributed by atoms with Crippen LogP contribution in [0.3, 0.4) is 0 Å². The Morgan fingerprint density at radius 2 is 2.18 bits per heavy atom. The Kier molecular flexibility index (Phi) is 2.76. The van der Waals surface area contributed by atoms with Gasteiger partial charge >= 0.3 is 5.69 Å². The number of rotatable bonds is 3. The van der Waals surface area contributed by atoms with Crippen molar-refractivity contribution in [1.29, 1.82) is 0 Å².